The first kappa shape index (κ1) is 22.2. The van der Waals surface area contributed by atoms with Gasteiger partial charge >= 0.3 is 0 Å². The third-order valence-electron chi connectivity index (χ3n) is 4.63. The second-order valence-corrected chi connectivity index (χ2v) is 8.54. The molecular weight excluding hydrogens is 416 g/mol. The third-order valence-corrected chi connectivity index (χ3v) is 6.01. The molecule has 0 saturated carbocycles. The number of aryl methyl sites for hydroxylation is 1. The maximum atomic E-state index is 12.6. The average molecular weight is 441 g/mol. The van der Waals surface area contributed by atoms with Gasteiger partial charge in [-0.1, -0.05) is 30.3 Å². The van der Waals surface area contributed by atoms with Gasteiger partial charge in [-0.05, 0) is 54.4 Å². The van der Waals surface area contributed by atoms with Crippen LogP contribution in [-0.2, 0) is 21.2 Å². The van der Waals surface area contributed by atoms with Crippen LogP contribution in [0, 0.1) is 6.92 Å². The third kappa shape index (κ3) is 5.55. The SMILES string of the molecule is COc1ccc(CC(=O)Nc2ccc(C)c(NS(=O)(=O)c3ccccc3)c2)cc1OC. The molecule has 2 N–H and O–H groups in total. The number of ether oxygens (including phenoxy) is 2. The van der Waals surface area contributed by atoms with Crippen molar-refractivity contribution < 1.29 is 22.7 Å². The molecule has 0 saturated heterocycles. The van der Waals surface area contributed by atoms with E-state index in [1.165, 1.54) is 19.2 Å². The summed E-state index contributed by atoms with van der Waals surface area (Å²) in [4.78, 5) is 12.7. The Labute approximate surface area is 182 Å². The molecule has 3 aromatic carbocycles. The van der Waals surface area contributed by atoms with Crippen LogP contribution in [0.5, 0.6) is 11.5 Å². The van der Waals surface area contributed by atoms with E-state index in [0.717, 1.165) is 11.1 Å². The molecule has 31 heavy (non-hydrogen) atoms. The fourth-order valence-corrected chi connectivity index (χ4v) is 4.14. The van der Waals surface area contributed by atoms with Gasteiger partial charge in [0.2, 0.25) is 5.91 Å². The quantitative estimate of drug-likeness (QED) is 0.552. The first-order valence-electron chi connectivity index (χ1n) is 9.51. The summed E-state index contributed by atoms with van der Waals surface area (Å²) in [5.74, 6) is 0.884. The summed E-state index contributed by atoms with van der Waals surface area (Å²) in [6, 6.07) is 18.4. The van der Waals surface area contributed by atoms with Crippen molar-refractivity contribution in [3.8, 4) is 11.5 Å². The molecule has 0 atom stereocenters. The van der Waals surface area contributed by atoms with Gasteiger partial charge in [-0.15, -0.1) is 0 Å². The van der Waals surface area contributed by atoms with Crippen molar-refractivity contribution >= 4 is 27.3 Å². The zero-order chi connectivity index (χ0) is 22.4. The summed E-state index contributed by atoms with van der Waals surface area (Å²) in [7, 11) is -0.652. The number of hydrogen-bond donors (Lipinski definition) is 2. The Morgan fingerprint density at radius 2 is 1.61 bits per heavy atom. The fraction of sp³-hybridized carbons (Fsp3) is 0.174. The van der Waals surface area contributed by atoms with E-state index in [0.29, 0.717) is 22.9 Å². The lowest BCUT2D eigenvalue weighted by Crippen LogP contribution is -2.16. The molecular formula is C23H24N2O5S. The Balaban J connectivity index is 1.74. The number of rotatable bonds is 8. The van der Waals surface area contributed by atoms with Crippen LogP contribution >= 0.6 is 0 Å². The molecule has 3 aromatic rings. The highest BCUT2D eigenvalue weighted by Crippen LogP contribution is 2.28. The van der Waals surface area contributed by atoms with E-state index in [1.54, 1.807) is 68.6 Å². The highest BCUT2D eigenvalue weighted by molar-refractivity contribution is 7.92. The van der Waals surface area contributed by atoms with E-state index in [2.05, 4.69) is 10.0 Å². The summed E-state index contributed by atoms with van der Waals surface area (Å²) < 4.78 is 38.3. The maximum absolute atomic E-state index is 12.6. The number of carbonyl (C=O) groups is 1. The van der Waals surface area contributed by atoms with Crippen LogP contribution in [0.2, 0.25) is 0 Å². The zero-order valence-corrected chi connectivity index (χ0v) is 18.3. The normalized spacial score (nSPS) is 10.9. The Kier molecular flexibility index (Phi) is 6.81. The van der Waals surface area contributed by atoms with E-state index in [9.17, 15) is 13.2 Å². The van der Waals surface area contributed by atoms with Gasteiger partial charge in [0.15, 0.2) is 11.5 Å². The summed E-state index contributed by atoms with van der Waals surface area (Å²) in [6.07, 6.45) is 0.124. The number of carbonyl (C=O) groups excluding carboxylic acids is 1. The minimum Gasteiger partial charge on any atom is -0.493 e. The Morgan fingerprint density at radius 1 is 0.903 bits per heavy atom. The summed E-state index contributed by atoms with van der Waals surface area (Å²) in [5, 5.41) is 2.80. The number of methoxy groups -OCH3 is 2. The van der Waals surface area contributed by atoms with Crippen LogP contribution in [0.1, 0.15) is 11.1 Å². The second kappa shape index (κ2) is 9.53. The molecule has 0 aliphatic carbocycles. The molecule has 0 unspecified atom stereocenters. The van der Waals surface area contributed by atoms with Crippen LogP contribution in [-0.4, -0.2) is 28.5 Å². The van der Waals surface area contributed by atoms with Crippen molar-refractivity contribution in [3.05, 3.63) is 77.9 Å². The van der Waals surface area contributed by atoms with E-state index < -0.39 is 10.0 Å². The molecule has 0 heterocycles. The Bertz CT molecular complexity index is 1180. The lowest BCUT2D eigenvalue weighted by atomic mass is 10.1. The van der Waals surface area contributed by atoms with Crippen molar-refractivity contribution in [2.45, 2.75) is 18.2 Å². The molecule has 0 aliphatic rings. The topological polar surface area (TPSA) is 93.7 Å². The maximum Gasteiger partial charge on any atom is 0.261 e. The van der Waals surface area contributed by atoms with E-state index in [1.807, 2.05) is 0 Å². The smallest absolute Gasteiger partial charge is 0.261 e. The molecule has 3 rings (SSSR count). The highest BCUT2D eigenvalue weighted by Gasteiger charge is 2.15. The number of benzene rings is 3. The van der Waals surface area contributed by atoms with Crippen molar-refractivity contribution in [3.63, 3.8) is 0 Å². The Hall–Kier alpha value is -3.52. The van der Waals surface area contributed by atoms with E-state index >= 15 is 0 Å². The van der Waals surface area contributed by atoms with Gasteiger partial charge in [-0.25, -0.2) is 8.42 Å². The van der Waals surface area contributed by atoms with Crippen LogP contribution in [0.3, 0.4) is 0 Å². The first-order valence-corrected chi connectivity index (χ1v) is 11.0. The average Bonchev–Trinajstić information content (AvgIpc) is 2.76. The van der Waals surface area contributed by atoms with Crippen LogP contribution < -0.4 is 19.5 Å². The molecule has 1 amide bonds. The molecule has 0 radical (unpaired) electrons. The van der Waals surface area contributed by atoms with Crippen LogP contribution in [0.25, 0.3) is 0 Å². The summed E-state index contributed by atoms with van der Waals surface area (Å²) in [5.41, 5.74) is 2.37. The van der Waals surface area contributed by atoms with E-state index in [-0.39, 0.29) is 17.2 Å². The first-order chi connectivity index (χ1) is 14.8. The van der Waals surface area contributed by atoms with Gasteiger partial charge in [0.05, 0.1) is 31.2 Å². The summed E-state index contributed by atoms with van der Waals surface area (Å²) in [6.45, 7) is 1.79. The second-order valence-electron chi connectivity index (χ2n) is 6.86. The standard InChI is InChI=1S/C23H24N2O5S/c1-16-9-11-18(15-20(16)25-31(27,28)19-7-5-4-6-8-19)24-23(26)14-17-10-12-21(29-2)22(13-17)30-3/h4-13,15,25H,14H2,1-3H3,(H,24,26). The minimum absolute atomic E-state index is 0.124. The van der Waals surface area contributed by atoms with Crippen molar-refractivity contribution in [1.82, 2.24) is 0 Å². The molecule has 162 valence electrons. The van der Waals surface area contributed by atoms with Gasteiger partial charge in [-0.2, -0.15) is 0 Å². The summed E-state index contributed by atoms with van der Waals surface area (Å²) >= 11 is 0. The van der Waals surface area contributed by atoms with Gasteiger partial charge in [0, 0.05) is 5.69 Å². The fourth-order valence-electron chi connectivity index (χ4n) is 2.99. The minimum atomic E-state index is -3.73. The molecule has 0 aliphatic heterocycles. The van der Waals surface area contributed by atoms with Crippen LogP contribution in [0.4, 0.5) is 11.4 Å². The number of nitrogens with one attached hydrogen (secondary N) is 2. The predicted molar refractivity (Wildman–Crippen MR) is 120 cm³/mol. The van der Waals surface area contributed by atoms with Gasteiger partial charge < -0.3 is 14.8 Å². The number of anilines is 2. The molecule has 0 aromatic heterocycles. The predicted octanol–water partition coefficient (Wildman–Crippen LogP) is 3.99. The Morgan fingerprint density at radius 3 is 2.29 bits per heavy atom. The molecule has 7 nitrogen and oxygen atoms in total. The largest absolute Gasteiger partial charge is 0.493 e. The lowest BCUT2D eigenvalue weighted by Gasteiger charge is -2.13. The zero-order valence-electron chi connectivity index (χ0n) is 17.5. The van der Waals surface area contributed by atoms with Crippen molar-refractivity contribution in [2.75, 3.05) is 24.3 Å². The van der Waals surface area contributed by atoms with Gasteiger partial charge in [0.1, 0.15) is 0 Å². The number of hydrogen-bond acceptors (Lipinski definition) is 5. The van der Waals surface area contributed by atoms with Gasteiger partial charge in [0.25, 0.3) is 10.0 Å². The molecule has 0 bridgehead atoms. The van der Waals surface area contributed by atoms with E-state index in [4.69, 9.17) is 9.47 Å². The monoisotopic (exact) mass is 440 g/mol. The lowest BCUT2D eigenvalue weighted by molar-refractivity contribution is -0.115. The van der Waals surface area contributed by atoms with Crippen LogP contribution in [0.15, 0.2) is 71.6 Å². The van der Waals surface area contributed by atoms with Crippen molar-refractivity contribution in [1.29, 1.82) is 0 Å². The number of sulfonamides is 1. The molecule has 0 spiro atoms. The van der Waals surface area contributed by atoms with Crippen molar-refractivity contribution in [2.24, 2.45) is 0 Å². The molecule has 0 fully saturated rings. The van der Waals surface area contributed by atoms with Gasteiger partial charge in [-0.3, -0.25) is 9.52 Å². The number of amides is 1. The highest BCUT2D eigenvalue weighted by atomic mass is 32.2. The molecule has 8 heteroatoms.